The van der Waals surface area contributed by atoms with Crippen LogP contribution in [0.15, 0.2) is 84.9 Å². The molecule has 0 bridgehead atoms. The molecule has 0 radical (unpaired) electrons. The minimum absolute atomic E-state index is 0.0863. The van der Waals surface area contributed by atoms with Gasteiger partial charge in [-0.15, -0.1) is 0 Å². The van der Waals surface area contributed by atoms with E-state index in [1.54, 1.807) is 48.5 Å². The molecule has 39 heavy (non-hydrogen) atoms. The van der Waals surface area contributed by atoms with Crippen LogP contribution in [0.1, 0.15) is 25.0 Å². The Morgan fingerprint density at radius 1 is 0.821 bits per heavy atom. The molecule has 0 saturated heterocycles. The second-order valence-electron chi connectivity index (χ2n) is 9.85. The molecule has 4 amide bonds. The number of hydrogen-bond donors (Lipinski definition) is 4. The molecule has 3 aromatic carbocycles. The smallest absolute Gasteiger partial charge is 0.326 e. The topological polar surface area (TPSA) is 128 Å². The number of aliphatic carboxylic acids is 1. The fourth-order valence-corrected chi connectivity index (χ4v) is 4.70. The molecule has 9 heteroatoms. The third-order valence-electron chi connectivity index (χ3n) is 6.61. The molecule has 9 nitrogen and oxygen atoms in total. The average molecular weight is 529 g/mol. The van der Waals surface area contributed by atoms with Gasteiger partial charge in [-0.05, 0) is 29.2 Å². The lowest BCUT2D eigenvalue weighted by atomic mass is 9.97. The van der Waals surface area contributed by atoms with Gasteiger partial charge >= 0.3 is 12.0 Å². The monoisotopic (exact) mass is 528 g/mol. The SMILES string of the molecule is CC(C)[C@@H]1C(=O)Nc2ccccc2N1C(=O)N[C@H](Cc1ccccc1)C(=O)N[C@H](Cc1ccccc1)C(=O)O. The van der Waals surface area contributed by atoms with E-state index in [1.807, 2.05) is 50.2 Å². The summed E-state index contributed by atoms with van der Waals surface area (Å²) in [7, 11) is 0. The maximum atomic E-state index is 13.8. The molecule has 0 aliphatic carbocycles. The zero-order valence-corrected chi connectivity index (χ0v) is 21.8. The minimum Gasteiger partial charge on any atom is -0.480 e. The Kier molecular flexibility index (Phi) is 8.60. The Balaban J connectivity index is 1.61. The highest BCUT2D eigenvalue weighted by atomic mass is 16.4. The van der Waals surface area contributed by atoms with Crippen LogP contribution >= 0.6 is 0 Å². The van der Waals surface area contributed by atoms with Crippen LogP contribution in [0.25, 0.3) is 0 Å². The highest BCUT2D eigenvalue weighted by Crippen LogP contribution is 2.34. The van der Waals surface area contributed by atoms with Gasteiger partial charge < -0.3 is 21.1 Å². The molecule has 4 rings (SSSR count). The number of carboxylic acid groups (broad SMARTS) is 1. The highest BCUT2D eigenvalue weighted by Gasteiger charge is 2.40. The van der Waals surface area contributed by atoms with Gasteiger partial charge in [0.25, 0.3) is 0 Å². The number of anilines is 2. The summed E-state index contributed by atoms with van der Waals surface area (Å²) in [4.78, 5) is 53.6. The number of rotatable bonds is 9. The summed E-state index contributed by atoms with van der Waals surface area (Å²) in [6.45, 7) is 3.68. The number of carboxylic acids is 1. The summed E-state index contributed by atoms with van der Waals surface area (Å²) < 4.78 is 0. The van der Waals surface area contributed by atoms with Crippen molar-refractivity contribution in [2.45, 2.75) is 44.8 Å². The minimum atomic E-state index is -1.19. The van der Waals surface area contributed by atoms with Gasteiger partial charge in [0.2, 0.25) is 11.8 Å². The van der Waals surface area contributed by atoms with E-state index in [1.165, 1.54) is 4.90 Å². The number of urea groups is 1. The third-order valence-corrected chi connectivity index (χ3v) is 6.61. The maximum Gasteiger partial charge on any atom is 0.326 e. The zero-order valence-electron chi connectivity index (χ0n) is 21.8. The zero-order chi connectivity index (χ0) is 27.9. The number of fused-ring (bicyclic) bond motifs is 1. The van der Waals surface area contributed by atoms with E-state index in [9.17, 15) is 24.3 Å². The third kappa shape index (κ3) is 6.62. The standard InChI is InChI=1S/C30H32N4O5/c1-19(2)26-28(36)31-22-15-9-10-16-25(22)34(26)30(39)33-23(17-20-11-5-3-6-12-20)27(35)32-24(29(37)38)18-21-13-7-4-8-14-21/h3-16,19,23-24,26H,17-18H2,1-2H3,(H,31,36)(H,32,35)(H,33,39)(H,37,38)/t23-,24-,26-/m1/s1. The quantitative estimate of drug-likeness (QED) is 0.337. The molecule has 0 unspecified atom stereocenters. The van der Waals surface area contributed by atoms with Crippen molar-refractivity contribution in [1.29, 1.82) is 0 Å². The molecule has 1 heterocycles. The summed E-state index contributed by atoms with van der Waals surface area (Å²) in [5.74, 6) is -2.35. The second-order valence-corrected chi connectivity index (χ2v) is 9.85. The summed E-state index contributed by atoms with van der Waals surface area (Å²) in [6.07, 6.45) is 0.215. The van der Waals surface area contributed by atoms with Crippen LogP contribution in [-0.4, -0.2) is 47.0 Å². The first-order chi connectivity index (χ1) is 18.7. The summed E-state index contributed by atoms with van der Waals surface area (Å²) in [5, 5.41) is 18.1. The second kappa shape index (κ2) is 12.3. The molecular weight excluding hydrogens is 496 g/mol. The van der Waals surface area contributed by atoms with Gasteiger partial charge in [-0.3, -0.25) is 14.5 Å². The number of benzene rings is 3. The van der Waals surface area contributed by atoms with E-state index < -0.39 is 36.0 Å². The van der Waals surface area contributed by atoms with Crippen molar-refractivity contribution in [3.63, 3.8) is 0 Å². The number of nitrogens with zero attached hydrogens (tertiary/aromatic N) is 1. The maximum absolute atomic E-state index is 13.8. The van der Waals surface area contributed by atoms with E-state index >= 15 is 0 Å². The number of nitrogens with one attached hydrogen (secondary N) is 3. The first kappa shape index (κ1) is 27.4. The van der Waals surface area contributed by atoms with E-state index in [2.05, 4.69) is 16.0 Å². The van der Waals surface area contributed by atoms with Crippen molar-refractivity contribution >= 4 is 35.2 Å². The number of carbonyl (C=O) groups excluding carboxylic acids is 3. The van der Waals surface area contributed by atoms with Gasteiger partial charge in [-0.2, -0.15) is 0 Å². The summed E-state index contributed by atoms with van der Waals surface area (Å²) in [6, 6.07) is 21.4. The van der Waals surface area contributed by atoms with Crippen LogP contribution in [-0.2, 0) is 27.2 Å². The van der Waals surface area contributed by atoms with Gasteiger partial charge in [0.1, 0.15) is 18.1 Å². The molecule has 4 N–H and O–H groups in total. The number of amides is 4. The normalized spacial score (nSPS) is 16.0. The fourth-order valence-electron chi connectivity index (χ4n) is 4.70. The van der Waals surface area contributed by atoms with Gasteiger partial charge in [0, 0.05) is 12.8 Å². The van der Waals surface area contributed by atoms with Crippen LogP contribution in [0.4, 0.5) is 16.2 Å². The Labute approximate surface area is 227 Å². The summed E-state index contributed by atoms with van der Waals surface area (Å²) in [5.41, 5.74) is 2.54. The predicted octanol–water partition coefficient (Wildman–Crippen LogP) is 3.60. The van der Waals surface area contributed by atoms with Crippen molar-refractivity contribution in [3.8, 4) is 0 Å². The Hall–Kier alpha value is -4.66. The van der Waals surface area contributed by atoms with Gasteiger partial charge in [0.05, 0.1) is 11.4 Å². The molecule has 202 valence electrons. The molecule has 0 fully saturated rings. The van der Waals surface area contributed by atoms with Crippen molar-refractivity contribution < 1.29 is 24.3 Å². The summed E-state index contributed by atoms with van der Waals surface area (Å²) >= 11 is 0. The number of hydrogen-bond acceptors (Lipinski definition) is 4. The molecule has 3 aromatic rings. The number of para-hydroxylation sites is 2. The van der Waals surface area contributed by atoms with Crippen LogP contribution in [0.3, 0.4) is 0 Å². The van der Waals surface area contributed by atoms with E-state index in [0.29, 0.717) is 11.4 Å². The molecule has 0 spiro atoms. The number of carbonyl (C=O) groups is 4. The largest absolute Gasteiger partial charge is 0.480 e. The van der Waals surface area contributed by atoms with Crippen LogP contribution in [0.5, 0.6) is 0 Å². The highest BCUT2D eigenvalue weighted by molar-refractivity contribution is 6.12. The molecule has 3 atom stereocenters. The van der Waals surface area contributed by atoms with Crippen LogP contribution in [0, 0.1) is 5.92 Å². The Morgan fingerprint density at radius 3 is 1.92 bits per heavy atom. The van der Waals surface area contributed by atoms with Crippen LogP contribution < -0.4 is 20.9 Å². The van der Waals surface area contributed by atoms with Gasteiger partial charge in [-0.25, -0.2) is 9.59 Å². The van der Waals surface area contributed by atoms with Crippen LogP contribution in [0.2, 0.25) is 0 Å². The average Bonchev–Trinajstić information content (AvgIpc) is 2.92. The molecule has 0 saturated carbocycles. The van der Waals surface area contributed by atoms with Crippen molar-refractivity contribution in [2.75, 3.05) is 10.2 Å². The van der Waals surface area contributed by atoms with Crippen molar-refractivity contribution in [3.05, 3.63) is 96.1 Å². The Bertz CT molecular complexity index is 1330. The van der Waals surface area contributed by atoms with E-state index in [-0.39, 0.29) is 24.7 Å². The predicted molar refractivity (Wildman–Crippen MR) is 148 cm³/mol. The van der Waals surface area contributed by atoms with E-state index in [0.717, 1.165) is 11.1 Å². The van der Waals surface area contributed by atoms with E-state index in [4.69, 9.17) is 0 Å². The lowest BCUT2D eigenvalue weighted by molar-refractivity contribution is -0.142. The lowest BCUT2D eigenvalue weighted by Gasteiger charge is -2.39. The fraction of sp³-hybridized carbons (Fsp3) is 0.267. The molecule has 1 aliphatic heterocycles. The molecular formula is C30H32N4O5. The lowest BCUT2D eigenvalue weighted by Crippen LogP contribution is -2.60. The molecule has 1 aliphatic rings. The van der Waals surface area contributed by atoms with Crippen molar-refractivity contribution in [1.82, 2.24) is 10.6 Å². The first-order valence-electron chi connectivity index (χ1n) is 12.8. The van der Waals surface area contributed by atoms with Gasteiger partial charge in [0.15, 0.2) is 0 Å². The first-order valence-corrected chi connectivity index (χ1v) is 12.8. The Morgan fingerprint density at radius 2 is 1.36 bits per heavy atom. The van der Waals surface area contributed by atoms with Gasteiger partial charge in [-0.1, -0.05) is 86.6 Å². The molecule has 0 aromatic heterocycles. The van der Waals surface area contributed by atoms with Crippen molar-refractivity contribution in [2.24, 2.45) is 5.92 Å².